The number of rotatable bonds is 4. The van der Waals surface area contributed by atoms with Gasteiger partial charge < -0.3 is 9.64 Å². The van der Waals surface area contributed by atoms with Crippen molar-refractivity contribution in [2.24, 2.45) is 0 Å². The van der Waals surface area contributed by atoms with Gasteiger partial charge >= 0.3 is 5.97 Å². The lowest BCUT2D eigenvalue weighted by molar-refractivity contribution is -0.141. The predicted molar refractivity (Wildman–Crippen MR) is 66.6 cm³/mol. The number of nitrogens with zero attached hydrogens (tertiary/aromatic N) is 2. The van der Waals surface area contributed by atoms with E-state index in [-0.39, 0.29) is 12.5 Å². The quantitative estimate of drug-likeness (QED) is 0.796. The second-order valence-corrected chi connectivity index (χ2v) is 4.25. The van der Waals surface area contributed by atoms with Crippen LogP contribution in [0.15, 0.2) is 16.6 Å². The molecule has 1 heterocycles. The van der Waals surface area contributed by atoms with Gasteiger partial charge in [0.1, 0.15) is 12.4 Å². The number of hydrogen-bond acceptors (Lipinski definition) is 4. The van der Waals surface area contributed by atoms with Crippen molar-refractivity contribution in [3.63, 3.8) is 0 Å². The first-order valence-electron chi connectivity index (χ1n) is 5.04. The molecule has 0 spiro atoms. The molecule has 0 atom stereocenters. The summed E-state index contributed by atoms with van der Waals surface area (Å²) in [5, 5.41) is 0. The van der Waals surface area contributed by atoms with Crippen LogP contribution in [0.5, 0.6) is 0 Å². The Labute approximate surface area is 104 Å². The molecule has 4 nitrogen and oxygen atoms in total. The summed E-state index contributed by atoms with van der Waals surface area (Å²) < 4.78 is 5.83. The Bertz CT molecular complexity index is 382. The van der Waals surface area contributed by atoms with E-state index in [0.29, 0.717) is 6.61 Å². The van der Waals surface area contributed by atoms with Gasteiger partial charge in [0.15, 0.2) is 0 Å². The molecule has 1 rings (SSSR count). The van der Waals surface area contributed by atoms with Crippen LogP contribution in [0.4, 0.5) is 5.82 Å². The molecule has 0 bridgehead atoms. The fraction of sp³-hybridized carbons (Fsp3) is 0.455. The van der Waals surface area contributed by atoms with Crippen LogP contribution < -0.4 is 4.90 Å². The molecule has 0 amide bonds. The number of halogens is 1. The first kappa shape index (κ1) is 13.0. The number of aryl methyl sites for hydroxylation is 1. The number of carbonyl (C=O) groups is 1. The fourth-order valence-corrected chi connectivity index (χ4v) is 1.45. The second kappa shape index (κ2) is 5.84. The number of hydrogen-bond donors (Lipinski definition) is 0. The molecule has 5 heteroatoms. The minimum Gasteiger partial charge on any atom is -0.465 e. The highest BCUT2D eigenvalue weighted by atomic mass is 79.9. The Balaban J connectivity index is 2.69. The van der Waals surface area contributed by atoms with Gasteiger partial charge in [-0.3, -0.25) is 4.79 Å². The topological polar surface area (TPSA) is 42.4 Å². The summed E-state index contributed by atoms with van der Waals surface area (Å²) in [6, 6.07) is 3.77. The molecular formula is C11H15BrN2O2. The summed E-state index contributed by atoms with van der Waals surface area (Å²) in [4.78, 5) is 17.4. The molecule has 0 unspecified atom stereocenters. The van der Waals surface area contributed by atoms with Gasteiger partial charge in [0.2, 0.25) is 0 Å². The van der Waals surface area contributed by atoms with Crippen LogP contribution in [0.3, 0.4) is 0 Å². The van der Waals surface area contributed by atoms with E-state index in [1.54, 1.807) is 11.8 Å². The van der Waals surface area contributed by atoms with Gasteiger partial charge in [-0.1, -0.05) is 0 Å². The maximum atomic E-state index is 11.3. The van der Waals surface area contributed by atoms with Crippen LogP contribution in [0.2, 0.25) is 0 Å². The van der Waals surface area contributed by atoms with Crippen LogP contribution in [0, 0.1) is 6.92 Å². The van der Waals surface area contributed by atoms with Gasteiger partial charge in [-0.15, -0.1) is 0 Å². The maximum absolute atomic E-state index is 11.3. The molecule has 0 saturated carbocycles. The molecule has 0 aliphatic heterocycles. The van der Waals surface area contributed by atoms with Crippen molar-refractivity contribution in [2.45, 2.75) is 13.8 Å². The molecule has 0 radical (unpaired) electrons. The number of likely N-dealkylation sites (N-methyl/N-ethyl adjacent to an activating group) is 1. The molecule has 0 saturated heterocycles. The molecule has 0 aliphatic carbocycles. The maximum Gasteiger partial charge on any atom is 0.325 e. The predicted octanol–water partition coefficient (Wildman–Crippen LogP) is 2.15. The summed E-state index contributed by atoms with van der Waals surface area (Å²) in [7, 11) is 1.81. The van der Waals surface area contributed by atoms with E-state index in [0.717, 1.165) is 16.0 Å². The van der Waals surface area contributed by atoms with Gasteiger partial charge in [-0.25, -0.2) is 4.98 Å². The lowest BCUT2D eigenvalue weighted by Crippen LogP contribution is -2.27. The van der Waals surface area contributed by atoms with Crippen molar-refractivity contribution < 1.29 is 9.53 Å². The van der Waals surface area contributed by atoms with Crippen LogP contribution in [0.1, 0.15) is 12.6 Å². The summed E-state index contributed by atoms with van der Waals surface area (Å²) in [6.07, 6.45) is 0. The van der Waals surface area contributed by atoms with Gasteiger partial charge in [0.25, 0.3) is 0 Å². The number of ether oxygens (including phenoxy) is 1. The van der Waals surface area contributed by atoms with Crippen molar-refractivity contribution in [1.29, 1.82) is 0 Å². The highest BCUT2D eigenvalue weighted by molar-refractivity contribution is 9.10. The van der Waals surface area contributed by atoms with Gasteiger partial charge in [0, 0.05) is 11.5 Å². The fourth-order valence-electron chi connectivity index (χ4n) is 1.22. The minimum absolute atomic E-state index is 0.210. The first-order chi connectivity index (χ1) is 7.54. The van der Waals surface area contributed by atoms with E-state index in [9.17, 15) is 4.79 Å². The number of pyridine rings is 1. The molecule has 0 aliphatic rings. The zero-order valence-corrected chi connectivity index (χ0v) is 11.2. The Morgan fingerprint density at radius 2 is 2.25 bits per heavy atom. The van der Waals surface area contributed by atoms with Crippen LogP contribution in [-0.4, -0.2) is 31.2 Å². The van der Waals surface area contributed by atoms with E-state index in [1.165, 1.54) is 0 Å². The molecule has 16 heavy (non-hydrogen) atoms. The average molecular weight is 287 g/mol. The van der Waals surface area contributed by atoms with Gasteiger partial charge in [-0.2, -0.15) is 0 Å². The largest absolute Gasteiger partial charge is 0.465 e. The molecule has 1 aromatic rings. The van der Waals surface area contributed by atoms with E-state index < -0.39 is 0 Å². The SMILES string of the molecule is CCOC(=O)CN(C)c1ccc(Br)c(C)n1. The average Bonchev–Trinajstić information content (AvgIpc) is 2.22. The molecule has 0 N–H and O–H groups in total. The van der Waals surface area contributed by atoms with Crippen molar-refractivity contribution in [2.75, 3.05) is 25.1 Å². The third-order valence-electron chi connectivity index (χ3n) is 2.07. The Morgan fingerprint density at radius 3 is 2.81 bits per heavy atom. The van der Waals surface area contributed by atoms with Gasteiger partial charge in [-0.05, 0) is 41.9 Å². The van der Waals surface area contributed by atoms with E-state index in [1.807, 2.05) is 26.1 Å². The summed E-state index contributed by atoms with van der Waals surface area (Å²) in [6.45, 7) is 4.31. The second-order valence-electron chi connectivity index (χ2n) is 3.40. The van der Waals surface area contributed by atoms with Crippen molar-refractivity contribution in [3.8, 4) is 0 Å². The minimum atomic E-state index is -0.243. The smallest absolute Gasteiger partial charge is 0.325 e. The molecule has 0 fully saturated rings. The van der Waals surface area contributed by atoms with E-state index in [4.69, 9.17) is 4.74 Å². The molecular weight excluding hydrogens is 272 g/mol. The van der Waals surface area contributed by atoms with E-state index in [2.05, 4.69) is 20.9 Å². The van der Waals surface area contributed by atoms with E-state index >= 15 is 0 Å². The number of aromatic nitrogens is 1. The number of anilines is 1. The zero-order chi connectivity index (χ0) is 12.1. The summed E-state index contributed by atoms with van der Waals surface area (Å²) in [5.41, 5.74) is 0.896. The molecule has 0 aromatic carbocycles. The van der Waals surface area contributed by atoms with Crippen molar-refractivity contribution in [1.82, 2.24) is 4.98 Å². The Hall–Kier alpha value is -1.10. The van der Waals surface area contributed by atoms with Crippen molar-refractivity contribution in [3.05, 3.63) is 22.3 Å². The third kappa shape index (κ3) is 3.48. The lowest BCUT2D eigenvalue weighted by Gasteiger charge is -2.17. The zero-order valence-electron chi connectivity index (χ0n) is 9.66. The summed E-state index contributed by atoms with van der Waals surface area (Å²) >= 11 is 3.38. The molecule has 88 valence electrons. The number of carbonyl (C=O) groups excluding carboxylic acids is 1. The standard InChI is InChI=1S/C11H15BrN2O2/c1-4-16-11(15)7-14(3)10-6-5-9(12)8(2)13-10/h5-6H,4,7H2,1-3H3. The Morgan fingerprint density at radius 1 is 1.56 bits per heavy atom. The van der Waals surface area contributed by atoms with Crippen LogP contribution in [-0.2, 0) is 9.53 Å². The highest BCUT2D eigenvalue weighted by Gasteiger charge is 2.09. The van der Waals surface area contributed by atoms with Crippen LogP contribution in [0.25, 0.3) is 0 Å². The molecule has 1 aromatic heterocycles. The van der Waals surface area contributed by atoms with Gasteiger partial charge in [0.05, 0.1) is 12.3 Å². The Kier molecular flexibility index (Phi) is 4.73. The van der Waals surface area contributed by atoms with Crippen molar-refractivity contribution >= 4 is 27.7 Å². The lowest BCUT2D eigenvalue weighted by atomic mass is 10.3. The van der Waals surface area contributed by atoms with Crippen LogP contribution >= 0.6 is 15.9 Å². The highest BCUT2D eigenvalue weighted by Crippen LogP contribution is 2.18. The summed E-state index contributed by atoms with van der Waals surface area (Å²) in [5.74, 6) is 0.515. The number of esters is 1. The monoisotopic (exact) mass is 286 g/mol. The first-order valence-corrected chi connectivity index (χ1v) is 5.83. The normalized spacial score (nSPS) is 10.0. The third-order valence-corrected chi connectivity index (χ3v) is 2.91.